The van der Waals surface area contributed by atoms with Gasteiger partial charge in [-0.3, -0.25) is 0 Å². The quantitative estimate of drug-likeness (QED) is 0.901. The second-order valence-electron chi connectivity index (χ2n) is 4.54. The Morgan fingerprint density at radius 3 is 2.29 bits per heavy atom. The fraction of sp³-hybridized carbons (Fsp3) is 0.357. The molecule has 2 N–H and O–H groups in total. The van der Waals surface area contributed by atoms with Crippen molar-refractivity contribution in [2.75, 3.05) is 5.73 Å². The molecule has 0 spiro atoms. The van der Waals surface area contributed by atoms with E-state index in [-0.39, 0.29) is 0 Å². The van der Waals surface area contributed by atoms with E-state index in [4.69, 9.17) is 5.73 Å². The summed E-state index contributed by atoms with van der Waals surface area (Å²) in [4.78, 5) is 5.35. The molecular formula is C14H18N2S. The van der Waals surface area contributed by atoms with Gasteiger partial charge in [0.2, 0.25) is 0 Å². The van der Waals surface area contributed by atoms with E-state index >= 15 is 0 Å². The maximum absolute atomic E-state index is 5.63. The molecule has 0 bridgehead atoms. The zero-order valence-corrected chi connectivity index (χ0v) is 11.4. The van der Waals surface area contributed by atoms with E-state index in [9.17, 15) is 0 Å². The van der Waals surface area contributed by atoms with Gasteiger partial charge in [0.05, 0.1) is 0 Å². The number of aromatic nitrogens is 1. The molecular weight excluding hydrogens is 228 g/mol. The van der Waals surface area contributed by atoms with Crippen molar-refractivity contribution in [3.05, 3.63) is 45.5 Å². The largest absolute Gasteiger partial charge is 0.375 e. The molecule has 0 saturated carbocycles. The maximum Gasteiger partial charge on any atom is 0.180 e. The summed E-state index contributed by atoms with van der Waals surface area (Å²) in [5, 5.41) is 0.664. The first-order chi connectivity index (χ1) is 8.06. The van der Waals surface area contributed by atoms with Crippen molar-refractivity contribution in [1.29, 1.82) is 0 Å². The molecule has 0 aliphatic heterocycles. The van der Waals surface area contributed by atoms with Crippen LogP contribution in [0.1, 0.15) is 27.1 Å². The van der Waals surface area contributed by atoms with Crippen molar-refractivity contribution in [3.8, 4) is 0 Å². The highest BCUT2D eigenvalue weighted by molar-refractivity contribution is 7.15. The van der Waals surface area contributed by atoms with Crippen LogP contribution in [0.15, 0.2) is 18.3 Å². The normalized spacial score (nSPS) is 10.8. The molecule has 90 valence electrons. The maximum atomic E-state index is 5.63. The summed E-state index contributed by atoms with van der Waals surface area (Å²) in [5.41, 5.74) is 11.2. The highest BCUT2D eigenvalue weighted by Crippen LogP contribution is 2.21. The van der Waals surface area contributed by atoms with Gasteiger partial charge >= 0.3 is 0 Å². The Bertz CT molecular complexity index is 506. The van der Waals surface area contributed by atoms with E-state index in [0.717, 1.165) is 12.8 Å². The van der Waals surface area contributed by atoms with Crippen LogP contribution in [0.4, 0.5) is 5.13 Å². The molecule has 0 unspecified atom stereocenters. The van der Waals surface area contributed by atoms with Crippen LogP contribution in [0.5, 0.6) is 0 Å². The highest BCUT2D eigenvalue weighted by Gasteiger charge is 2.05. The molecule has 2 nitrogen and oxygen atoms in total. The highest BCUT2D eigenvalue weighted by atomic mass is 32.1. The molecule has 0 fully saturated rings. The molecule has 17 heavy (non-hydrogen) atoms. The number of hydrogen-bond acceptors (Lipinski definition) is 3. The third-order valence-electron chi connectivity index (χ3n) is 3.03. The first-order valence-electron chi connectivity index (χ1n) is 5.83. The molecule has 0 aliphatic rings. The zero-order chi connectivity index (χ0) is 12.4. The number of aryl methyl sites for hydroxylation is 4. The molecule has 3 heteroatoms. The molecule has 0 amide bonds. The Morgan fingerprint density at radius 1 is 1.12 bits per heavy atom. The van der Waals surface area contributed by atoms with E-state index in [0.29, 0.717) is 5.13 Å². The summed E-state index contributed by atoms with van der Waals surface area (Å²) >= 11 is 1.59. The van der Waals surface area contributed by atoms with Gasteiger partial charge in [0.25, 0.3) is 0 Å². The van der Waals surface area contributed by atoms with E-state index in [1.54, 1.807) is 11.3 Å². The summed E-state index contributed by atoms with van der Waals surface area (Å²) in [6, 6.07) is 4.51. The molecule has 1 aromatic carbocycles. The Morgan fingerprint density at radius 2 is 1.76 bits per heavy atom. The number of nitrogens with zero attached hydrogens (tertiary/aromatic N) is 1. The minimum Gasteiger partial charge on any atom is -0.375 e. The lowest BCUT2D eigenvalue weighted by Crippen LogP contribution is -1.97. The van der Waals surface area contributed by atoms with E-state index in [1.807, 2.05) is 6.20 Å². The number of rotatable bonds is 3. The minimum absolute atomic E-state index is 0.664. The molecule has 0 atom stereocenters. The smallest absolute Gasteiger partial charge is 0.180 e. The van der Waals surface area contributed by atoms with Crippen LogP contribution in [-0.4, -0.2) is 4.98 Å². The average molecular weight is 246 g/mol. The molecule has 1 aromatic heterocycles. The lowest BCUT2D eigenvalue weighted by molar-refractivity contribution is 0.949. The summed E-state index contributed by atoms with van der Waals surface area (Å²) in [6.07, 6.45) is 3.98. The molecule has 2 aromatic rings. The van der Waals surface area contributed by atoms with Gasteiger partial charge in [0.1, 0.15) is 0 Å². The zero-order valence-electron chi connectivity index (χ0n) is 10.6. The summed E-state index contributed by atoms with van der Waals surface area (Å²) in [5.74, 6) is 0. The predicted molar refractivity (Wildman–Crippen MR) is 74.6 cm³/mol. The predicted octanol–water partition coefficient (Wildman–Crippen LogP) is 3.44. The lowest BCUT2D eigenvalue weighted by atomic mass is 9.96. The summed E-state index contributed by atoms with van der Waals surface area (Å²) in [6.45, 7) is 6.53. The number of thiazole rings is 1. The first-order valence-corrected chi connectivity index (χ1v) is 6.65. The van der Waals surface area contributed by atoms with Crippen molar-refractivity contribution in [2.24, 2.45) is 0 Å². The van der Waals surface area contributed by atoms with Crippen LogP contribution in [-0.2, 0) is 12.8 Å². The van der Waals surface area contributed by atoms with Gasteiger partial charge < -0.3 is 5.73 Å². The fourth-order valence-electron chi connectivity index (χ4n) is 2.29. The van der Waals surface area contributed by atoms with Crippen LogP contribution < -0.4 is 5.73 Å². The van der Waals surface area contributed by atoms with Crippen LogP contribution in [0.2, 0.25) is 0 Å². The van der Waals surface area contributed by atoms with Gasteiger partial charge in [-0.2, -0.15) is 0 Å². The molecule has 0 aliphatic carbocycles. The van der Waals surface area contributed by atoms with Crippen molar-refractivity contribution in [3.63, 3.8) is 0 Å². The Hall–Kier alpha value is -1.35. The summed E-state index contributed by atoms with van der Waals surface area (Å²) in [7, 11) is 0. The third-order valence-corrected chi connectivity index (χ3v) is 3.92. The standard InChI is InChI=1S/C14H18N2S/c1-9-6-10(2)13(11(3)7-9)5-4-12-8-16-14(15)17-12/h6-8H,4-5H2,1-3H3,(H2,15,16). The Labute approximate surface area is 107 Å². The second-order valence-corrected chi connectivity index (χ2v) is 5.69. The number of nitrogen functional groups attached to an aromatic ring is 1. The molecule has 2 rings (SSSR count). The Kier molecular flexibility index (Phi) is 3.48. The van der Waals surface area contributed by atoms with Crippen molar-refractivity contribution in [1.82, 2.24) is 4.98 Å². The Balaban J connectivity index is 2.14. The summed E-state index contributed by atoms with van der Waals surface area (Å²) < 4.78 is 0. The second kappa shape index (κ2) is 4.88. The van der Waals surface area contributed by atoms with Gasteiger partial charge in [0.15, 0.2) is 5.13 Å². The first kappa shape index (κ1) is 12.1. The number of benzene rings is 1. The average Bonchev–Trinajstić information content (AvgIpc) is 2.62. The molecule has 1 heterocycles. The van der Waals surface area contributed by atoms with Crippen molar-refractivity contribution < 1.29 is 0 Å². The molecule has 0 radical (unpaired) electrons. The van der Waals surface area contributed by atoms with E-state index in [2.05, 4.69) is 37.9 Å². The lowest BCUT2D eigenvalue weighted by Gasteiger charge is -2.10. The van der Waals surface area contributed by atoms with E-state index in [1.165, 1.54) is 27.1 Å². The van der Waals surface area contributed by atoms with Crippen molar-refractivity contribution in [2.45, 2.75) is 33.6 Å². The number of anilines is 1. The van der Waals surface area contributed by atoms with Gasteiger partial charge in [0, 0.05) is 11.1 Å². The van der Waals surface area contributed by atoms with Crippen LogP contribution in [0, 0.1) is 20.8 Å². The SMILES string of the molecule is Cc1cc(C)c(CCc2cnc(N)s2)c(C)c1. The van der Waals surface area contributed by atoms with Gasteiger partial charge in [-0.25, -0.2) is 4.98 Å². The van der Waals surface area contributed by atoms with Gasteiger partial charge in [-0.15, -0.1) is 11.3 Å². The fourth-order valence-corrected chi connectivity index (χ4v) is 2.97. The molecule has 0 saturated heterocycles. The van der Waals surface area contributed by atoms with Crippen molar-refractivity contribution >= 4 is 16.5 Å². The van der Waals surface area contributed by atoms with Crippen LogP contribution >= 0.6 is 11.3 Å². The van der Waals surface area contributed by atoms with Gasteiger partial charge in [-0.1, -0.05) is 17.7 Å². The van der Waals surface area contributed by atoms with Crippen LogP contribution in [0.3, 0.4) is 0 Å². The monoisotopic (exact) mass is 246 g/mol. The third kappa shape index (κ3) is 2.86. The van der Waals surface area contributed by atoms with E-state index < -0.39 is 0 Å². The topological polar surface area (TPSA) is 38.9 Å². The van der Waals surface area contributed by atoms with Crippen LogP contribution in [0.25, 0.3) is 0 Å². The number of hydrogen-bond donors (Lipinski definition) is 1. The number of nitrogens with two attached hydrogens (primary N) is 1. The van der Waals surface area contributed by atoms with Gasteiger partial charge in [-0.05, 0) is 50.3 Å². The minimum atomic E-state index is 0.664.